The summed E-state index contributed by atoms with van der Waals surface area (Å²) in [5.41, 5.74) is 2.87. The second-order valence-electron chi connectivity index (χ2n) is 4.81. The Balaban J connectivity index is 2.13. The van der Waals surface area contributed by atoms with Crippen LogP contribution in [0.25, 0.3) is 0 Å². The number of hydrogen-bond donors (Lipinski definition) is 1. The number of nitrogens with zero attached hydrogens (tertiary/aromatic N) is 2. The van der Waals surface area contributed by atoms with Crippen molar-refractivity contribution in [3.8, 4) is 6.07 Å². The van der Waals surface area contributed by atoms with Gasteiger partial charge in [0.05, 0.1) is 11.6 Å². The molecule has 4 heteroatoms. The third kappa shape index (κ3) is 3.41. The zero-order valence-electron chi connectivity index (χ0n) is 11.7. The minimum Gasteiger partial charge on any atom is -0.350 e. The molecule has 0 radical (unpaired) electrons. The first-order valence-corrected chi connectivity index (χ1v) is 7.09. The highest BCUT2D eigenvalue weighted by Crippen LogP contribution is 2.20. The molecule has 104 valence electrons. The first kappa shape index (κ1) is 14.6. The zero-order valence-corrected chi connectivity index (χ0v) is 12.5. The Labute approximate surface area is 124 Å². The summed E-state index contributed by atoms with van der Waals surface area (Å²) >= 11 is 6.20. The molecule has 3 nitrogen and oxygen atoms in total. The molecule has 1 aromatic heterocycles. The molecule has 0 saturated carbocycles. The molecular weight excluding hydrogens is 270 g/mol. The Morgan fingerprint density at radius 3 is 2.85 bits per heavy atom. The number of nitrogens with one attached hydrogen (secondary N) is 1. The average Bonchev–Trinajstić information content (AvgIpc) is 2.90. The number of hydrogen-bond acceptors (Lipinski definition) is 2. The molecule has 0 spiro atoms. The van der Waals surface area contributed by atoms with Crippen molar-refractivity contribution in [2.75, 3.05) is 6.54 Å². The van der Waals surface area contributed by atoms with Crippen LogP contribution >= 0.6 is 11.6 Å². The summed E-state index contributed by atoms with van der Waals surface area (Å²) in [5, 5.41) is 12.9. The topological polar surface area (TPSA) is 40.8 Å². The van der Waals surface area contributed by atoms with Crippen molar-refractivity contribution in [3.05, 3.63) is 58.4 Å². The number of benzene rings is 1. The first-order chi connectivity index (χ1) is 9.63. The maximum Gasteiger partial charge on any atom is 0.0992 e. The quantitative estimate of drug-likeness (QED) is 0.910. The lowest BCUT2D eigenvalue weighted by molar-refractivity contribution is 0.596. The predicted molar refractivity (Wildman–Crippen MR) is 81.8 cm³/mol. The maximum atomic E-state index is 8.84. The molecule has 0 saturated heterocycles. The monoisotopic (exact) mass is 287 g/mol. The molecule has 1 atom stereocenters. The van der Waals surface area contributed by atoms with Crippen LogP contribution in [-0.2, 0) is 6.54 Å². The van der Waals surface area contributed by atoms with E-state index >= 15 is 0 Å². The predicted octanol–water partition coefficient (Wildman–Crippen LogP) is 3.73. The number of halogens is 1. The van der Waals surface area contributed by atoms with Crippen LogP contribution in [0.5, 0.6) is 0 Å². The highest BCUT2D eigenvalue weighted by molar-refractivity contribution is 6.31. The summed E-state index contributed by atoms with van der Waals surface area (Å²) in [6.07, 6.45) is 4.18. The number of nitriles is 1. The largest absolute Gasteiger partial charge is 0.350 e. The van der Waals surface area contributed by atoms with Crippen LogP contribution in [0.15, 0.2) is 36.7 Å². The third-order valence-corrected chi connectivity index (χ3v) is 3.67. The van der Waals surface area contributed by atoms with Gasteiger partial charge >= 0.3 is 0 Å². The molecule has 1 unspecified atom stereocenters. The molecule has 1 aromatic carbocycles. The fourth-order valence-corrected chi connectivity index (χ4v) is 2.42. The Kier molecular flexibility index (Phi) is 4.84. The molecule has 20 heavy (non-hydrogen) atoms. The fraction of sp³-hybridized carbons (Fsp3) is 0.312. The van der Waals surface area contributed by atoms with Crippen LogP contribution in [-0.4, -0.2) is 11.1 Å². The van der Waals surface area contributed by atoms with Gasteiger partial charge in [-0.15, -0.1) is 0 Å². The normalized spacial score (nSPS) is 12.1. The Morgan fingerprint density at radius 2 is 2.20 bits per heavy atom. The SMILES string of the molecule is CCNC(C)c1ccn(Cc2ccc(C#N)cc2Cl)c1. The van der Waals surface area contributed by atoms with Crippen LogP contribution in [0.3, 0.4) is 0 Å². The van der Waals surface area contributed by atoms with E-state index in [4.69, 9.17) is 16.9 Å². The van der Waals surface area contributed by atoms with Crippen molar-refractivity contribution in [1.29, 1.82) is 5.26 Å². The van der Waals surface area contributed by atoms with E-state index in [-0.39, 0.29) is 0 Å². The Bertz CT molecular complexity index is 625. The van der Waals surface area contributed by atoms with Gasteiger partial charge in [-0.05, 0) is 42.8 Å². The summed E-state index contributed by atoms with van der Waals surface area (Å²) in [4.78, 5) is 0. The second-order valence-corrected chi connectivity index (χ2v) is 5.22. The molecule has 0 aliphatic carbocycles. The summed E-state index contributed by atoms with van der Waals surface area (Å²) < 4.78 is 2.11. The molecule has 0 amide bonds. The van der Waals surface area contributed by atoms with Gasteiger partial charge in [0.15, 0.2) is 0 Å². The van der Waals surface area contributed by atoms with Crippen LogP contribution in [0, 0.1) is 11.3 Å². The number of rotatable bonds is 5. The van der Waals surface area contributed by atoms with Crippen molar-refractivity contribution >= 4 is 11.6 Å². The van der Waals surface area contributed by atoms with Gasteiger partial charge in [0.25, 0.3) is 0 Å². The molecule has 1 N–H and O–H groups in total. The van der Waals surface area contributed by atoms with Crippen molar-refractivity contribution < 1.29 is 0 Å². The van der Waals surface area contributed by atoms with Crippen molar-refractivity contribution in [2.45, 2.75) is 26.4 Å². The molecular formula is C16H18ClN3. The first-order valence-electron chi connectivity index (χ1n) is 6.71. The van der Waals surface area contributed by atoms with Crippen LogP contribution in [0.1, 0.15) is 36.6 Å². The molecule has 2 aromatic rings. The van der Waals surface area contributed by atoms with Crippen LogP contribution in [0.2, 0.25) is 5.02 Å². The average molecular weight is 288 g/mol. The van der Waals surface area contributed by atoms with E-state index in [9.17, 15) is 0 Å². The van der Waals surface area contributed by atoms with Gasteiger partial charge in [-0.3, -0.25) is 0 Å². The van der Waals surface area contributed by atoms with E-state index in [2.05, 4.69) is 48.3 Å². The summed E-state index contributed by atoms with van der Waals surface area (Å²) in [6.45, 7) is 5.92. The van der Waals surface area contributed by atoms with E-state index in [1.54, 1.807) is 12.1 Å². The molecule has 0 aliphatic rings. The van der Waals surface area contributed by atoms with Gasteiger partial charge in [-0.2, -0.15) is 5.26 Å². The van der Waals surface area contributed by atoms with Gasteiger partial charge in [-0.25, -0.2) is 0 Å². The molecule has 0 bridgehead atoms. The Morgan fingerprint density at radius 1 is 1.40 bits per heavy atom. The second kappa shape index (κ2) is 6.60. The van der Waals surface area contributed by atoms with Crippen molar-refractivity contribution in [1.82, 2.24) is 9.88 Å². The molecule has 2 rings (SSSR count). The molecule has 0 aliphatic heterocycles. The fourth-order valence-electron chi connectivity index (χ4n) is 2.18. The minimum atomic E-state index is 0.345. The lowest BCUT2D eigenvalue weighted by Gasteiger charge is -2.10. The number of aromatic nitrogens is 1. The molecule has 0 fully saturated rings. The lowest BCUT2D eigenvalue weighted by atomic mass is 10.1. The smallest absolute Gasteiger partial charge is 0.0992 e. The highest BCUT2D eigenvalue weighted by atomic mass is 35.5. The lowest BCUT2D eigenvalue weighted by Crippen LogP contribution is -2.17. The van der Waals surface area contributed by atoms with Crippen molar-refractivity contribution in [3.63, 3.8) is 0 Å². The van der Waals surface area contributed by atoms with E-state index in [0.29, 0.717) is 23.2 Å². The maximum absolute atomic E-state index is 8.84. The summed E-state index contributed by atoms with van der Waals surface area (Å²) in [7, 11) is 0. The van der Waals surface area contributed by atoms with E-state index in [0.717, 1.165) is 12.1 Å². The minimum absolute atomic E-state index is 0.345. The summed E-state index contributed by atoms with van der Waals surface area (Å²) in [6, 6.07) is 9.97. The van der Waals surface area contributed by atoms with Crippen molar-refractivity contribution in [2.24, 2.45) is 0 Å². The van der Waals surface area contributed by atoms with Crippen LogP contribution in [0.4, 0.5) is 0 Å². The van der Waals surface area contributed by atoms with E-state index in [1.807, 2.05) is 6.07 Å². The summed E-state index contributed by atoms with van der Waals surface area (Å²) in [5.74, 6) is 0. The van der Waals surface area contributed by atoms with Gasteiger partial charge in [0.2, 0.25) is 0 Å². The third-order valence-electron chi connectivity index (χ3n) is 3.32. The van der Waals surface area contributed by atoms with Gasteiger partial charge in [-0.1, -0.05) is 24.6 Å². The standard InChI is InChI=1S/C16H18ClN3/c1-3-19-12(2)14-6-7-20(10-14)11-15-5-4-13(9-18)8-16(15)17/h4-8,10,12,19H,3,11H2,1-2H3. The van der Waals surface area contributed by atoms with Gasteiger partial charge in [0, 0.05) is 30.0 Å². The van der Waals surface area contributed by atoms with Gasteiger partial charge < -0.3 is 9.88 Å². The molecule has 1 heterocycles. The zero-order chi connectivity index (χ0) is 14.5. The van der Waals surface area contributed by atoms with E-state index < -0.39 is 0 Å². The van der Waals surface area contributed by atoms with Gasteiger partial charge in [0.1, 0.15) is 0 Å². The Hall–Kier alpha value is -1.76. The van der Waals surface area contributed by atoms with E-state index in [1.165, 1.54) is 5.56 Å². The highest BCUT2D eigenvalue weighted by Gasteiger charge is 2.07. The van der Waals surface area contributed by atoms with Crippen LogP contribution < -0.4 is 5.32 Å².